The van der Waals surface area contributed by atoms with E-state index in [9.17, 15) is 14.7 Å². The first kappa shape index (κ1) is 17.3. The molecule has 4 heterocycles. The van der Waals surface area contributed by atoms with E-state index in [1.165, 1.54) is 24.9 Å². The fourth-order valence-electron chi connectivity index (χ4n) is 3.54. The van der Waals surface area contributed by atoms with Gasteiger partial charge in [-0.2, -0.15) is 0 Å². The van der Waals surface area contributed by atoms with Crippen LogP contribution in [0, 0.1) is 0 Å². The molecule has 2 aromatic rings. The van der Waals surface area contributed by atoms with Gasteiger partial charge in [-0.15, -0.1) is 0 Å². The van der Waals surface area contributed by atoms with Crippen LogP contribution in [0.15, 0.2) is 15.8 Å². The highest BCUT2D eigenvalue weighted by atomic mass is 16.8. The number of aliphatic hydroxyl groups is 1. The maximum Gasteiger partial charge on any atom is 0.332 e. The van der Waals surface area contributed by atoms with Crippen LogP contribution >= 0.6 is 0 Å². The van der Waals surface area contributed by atoms with Crippen LogP contribution in [0.25, 0.3) is 11.2 Å². The summed E-state index contributed by atoms with van der Waals surface area (Å²) in [5, 5.41) is 9.58. The lowest BCUT2D eigenvalue weighted by molar-refractivity contribution is -0.191. The van der Waals surface area contributed by atoms with Crippen LogP contribution in [-0.4, -0.2) is 54.9 Å². The molecule has 0 bridgehead atoms. The number of nitrogens with zero attached hydrogens (tertiary/aromatic N) is 4. The lowest BCUT2D eigenvalue weighted by Crippen LogP contribution is -2.38. The van der Waals surface area contributed by atoms with Gasteiger partial charge >= 0.3 is 5.69 Å². The van der Waals surface area contributed by atoms with Crippen molar-refractivity contribution in [1.29, 1.82) is 0 Å². The van der Waals surface area contributed by atoms with Crippen LogP contribution < -0.4 is 11.2 Å². The third-order valence-electron chi connectivity index (χ3n) is 4.79. The molecular formula is C16H20N4O6. The van der Waals surface area contributed by atoms with Crippen molar-refractivity contribution in [2.24, 2.45) is 14.1 Å². The molecule has 0 amide bonds. The topological polar surface area (TPSA) is 118 Å². The predicted molar refractivity (Wildman–Crippen MR) is 88.5 cm³/mol. The number of hydrogen-bond acceptors (Lipinski definition) is 8. The molecule has 2 aliphatic heterocycles. The molecule has 10 nitrogen and oxygen atoms in total. The van der Waals surface area contributed by atoms with Gasteiger partial charge in [0.25, 0.3) is 5.56 Å². The van der Waals surface area contributed by atoms with Gasteiger partial charge < -0.3 is 19.3 Å². The summed E-state index contributed by atoms with van der Waals surface area (Å²) in [7, 11) is 2.91. The Kier molecular flexibility index (Phi) is 3.77. The second kappa shape index (κ2) is 5.68. The average molecular weight is 364 g/mol. The largest absolute Gasteiger partial charge is 0.394 e. The highest BCUT2D eigenvalue weighted by Gasteiger charge is 2.55. The maximum absolute atomic E-state index is 12.2. The fraction of sp³-hybridized carbons (Fsp3) is 0.625. The lowest BCUT2D eigenvalue weighted by Gasteiger charge is -2.23. The molecule has 4 rings (SSSR count). The van der Waals surface area contributed by atoms with Gasteiger partial charge in [-0.05, 0) is 13.8 Å². The second-order valence-corrected chi connectivity index (χ2v) is 7.02. The van der Waals surface area contributed by atoms with Crippen LogP contribution in [0.2, 0.25) is 0 Å². The summed E-state index contributed by atoms with van der Waals surface area (Å²) in [6, 6.07) is 0. The van der Waals surface area contributed by atoms with Crippen molar-refractivity contribution in [1.82, 2.24) is 19.1 Å². The molecule has 26 heavy (non-hydrogen) atoms. The second-order valence-electron chi connectivity index (χ2n) is 7.02. The minimum atomic E-state index is -0.808. The number of fused-ring (bicyclic) bond motifs is 2. The number of rotatable bonds is 2. The summed E-state index contributed by atoms with van der Waals surface area (Å²) in [6.45, 7) is 3.35. The summed E-state index contributed by atoms with van der Waals surface area (Å²) < 4.78 is 19.9. The van der Waals surface area contributed by atoms with Crippen LogP contribution in [0.1, 0.15) is 25.6 Å². The summed E-state index contributed by atoms with van der Waals surface area (Å²) in [5.41, 5.74) is -0.332. The van der Waals surface area contributed by atoms with Crippen LogP contribution in [-0.2, 0) is 28.3 Å². The number of aryl methyl sites for hydroxylation is 1. The molecule has 0 radical (unpaired) electrons. The van der Waals surface area contributed by atoms with Gasteiger partial charge in [-0.25, -0.2) is 14.8 Å². The van der Waals surface area contributed by atoms with Gasteiger partial charge in [-0.1, -0.05) is 0 Å². The minimum absolute atomic E-state index is 0.0931. The van der Waals surface area contributed by atoms with Crippen molar-refractivity contribution in [2.75, 3.05) is 6.61 Å². The predicted octanol–water partition coefficient (Wildman–Crippen LogP) is -1.02. The number of hydrogen-bond donors (Lipinski definition) is 1. The van der Waals surface area contributed by atoms with E-state index in [0.717, 1.165) is 4.57 Å². The van der Waals surface area contributed by atoms with Gasteiger partial charge in [0.05, 0.1) is 18.5 Å². The van der Waals surface area contributed by atoms with E-state index < -0.39 is 41.5 Å². The third-order valence-corrected chi connectivity index (χ3v) is 4.79. The number of aromatic nitrogens is 4. The zero-order valence-electron chi connectivity index (χ0n) is 14.9. The number of ether oxygens (including phenoxy) is 3. The Hall–Kier alpha value is -2.14. The molecule has 1 N–H and O–H groups in total. The summed E-state index contributed by atoms with van der Waals surface area (Å²) in [5.74, 6) is -0.808. The molecule has 0 spiro atoms. The van der Waals surface area contributed by atoms with Crippen LogP contribution in [0.4, 0.5) is 0 Å². The maximum atomic E-state index is 12.2. The molecule has 2 aromatic heterocycles. The van der Waals surface area contributed by atoms with E-state index >= 15 is 0 Å². The Morgan fingerprint density at radius 3 is 2.58 bits per heavy atom. The van der Waals surface area contributed by atoms with Crippen molar-refractivity contribution in [3.05, 3.63) is 32.7 Å². The Bertz CT molecular complexity index is 997. The Balaban J connectivity index is 1.82. The zero-order chi connectivity index (χ0) is 18.8. The lowest BCUT2D eigenvalue weighted by atomic mass is 10.1. The standard InChI is InChI=1S/C16H20N4O6/c1-16(2)25-11-8(6-21)24-10(12(11)26-16)7-5-17-9-13(18-7)19(3)15(23)20(4)14(9)22/h5,8,10-12,21H,6H2,1-4H3/t8-,10+,11-,12+/m1/s1. The van der Waals surface area contributed by atoms with E-state index in [0.29, 0.717) is 5.69 Å². The molecular weight excluding hydrogens is 344 g/mol. The Labute approximate surface area is 148 Å². The first-order valence-electron chi connectivity index (χ1n) is 8.28. The SMILES string of the molecule is Cn1c(=O)c2ncc([C@@H]3O[C@H](CO)[C@H]4OC(C)(C)O[C@H]43)nc2n(C)c1=O. The normalized spacial score (nSPS) is 30.0. The third kappa shape index (κ3) is 2.41. The highest BCUT2D eigenvalue weighted by molar-refractivity contribution is 5.68. The monoisotopic (exact) mass is 364 g/mol. The van der Waals surface area contributed by atoms with Crippen molar-refractivity contribution in [3.8, 4) is 0 Å². The molecule has 2 aliphatic rings. The molecule has 140 valence electrons. The van der Waals surface area contributed by atoms with E-state index in [-0.39, 0.29) is 17.8 Å². The van der Waals surface area contributed by atoms with Gasteiger partial charge in [0.1, 0.15) is 24.4 Å². The van der Waals surface area contributed by atoms with Crippen LogP contribution in [0.3, 0.4) is 0 Å². The quantitative estimate of drug-likeness (QED) is 0.719. The van der Waals surface area contributed by atoms with Crippen molar-refractivity contribution in [2.45, 2.75) is 44.1 Å². The fourth-order valence-corrected chi connectivity index (χ4v) is 3.54. The van der Waals surface area contributed by atoms with Crippen molar-refractivity contribution in [3.63, 3.8) is 0 Å². The molecule has 0 aliphatic carbocycles. The first-order chi connectivity index (χ1) is 12.2. The molecule has 2 saturated heterocycles. The highest BCUT2D eigenvalue weighted by Crippen LogP contribution is 2.44. The van der Waals surface area contributed by atoms with E-state index in [4.69, 9.17) is 14.2 Å². The zero-order valence-corrected chi connectivity index (χ0v) is 14.9. The van der Waals surface area contributed by atoms with Gasteiger partial charge in [0.15, 0.2) is 17.0 Å². The minimum Gasteiger partial charge on any atom is -0.394 e. The van der Waals surface area contributed by atoms with E-state index in [1.807, 2.05) is 0 Å². The molecule has 10 heteroatoms. The van der Waals surface area contributed by atoms with Gasteiger partial charge in [0, 0.05) is 14.1 Å². The smallest absolute Gasteiger partial charge is 0.332 e. The molecule has 0 aromatic carbocycles. The summed E-state index contributed by atoms with van der Waals surface area (Å²) in [6.07, 6.45) is -0.668. The molecule has 0 saturated carbocycles. The van der Waals surface area contributed by atoms with Crippen LogP contribution in [0.5, 0.6) is 0 Å². The molecule has 0 unspecified atom stereocenters. The summed E-state index contributed by atoms with van der Waals surface area (Å²) in [4.78, 5) is 33.0. The van der Waals surface area contributed by atoms with Gasteiger partial charge in [-0.3, -0.25) is 13.9 Å². The Morgan fingerprint density at radius 1 is 1.19 bits per heavy atom. The first-order valence-corrected chi connectivity index (χ1v) is 8.28. The number of aliphatic hydroxyl groups excluding tert-OH is 1. The van der Waals surface area contributed by atoms with E-state index in [2.05, 4.69) is 9.97 Å². The van der Waals surface area contributed by atoms with E-state index in [1.54, 1.807) is 13.8 Å². The summed E-state index contributed by atoms with van der Waals surface area (Å²) >= 11 is 0. The average Bonchev–Trinajstić information content (AvgIpc) is 3.10. The Morgan fingerprint density at radius 2 is 1.88 bits per heavy atom. The molecule has 2 fully saturated rings. The van der Waals surface area contributed by atoms with Gasteiger partial charge in [0.2, 0.25) is 0 Å². The molecule has 4 atom stereocenters. The van der Waals surface area contributed by atoms with Crippen molar-refractivity contribution >= 4 is 11.2 Å². The van der Waals surface area contributed by atoms with Crippen molar-refractivity contribution < 1.29 is 19.3 Å².